The summed E-state index contributed by atoms with van der Waals surface area (Å²) < 4.78 is 0. The molecule has 2 aromatic rings. The Balaban J connectivity index is 1.75. The zero-order valence-corrected chi connectivity index (χ0v) is 18.6. The molecule has 2 aromatic carbocycles. The fourth-order valence-electron chi connectivity index (χ4n) is 3.71. The summed E-state index contributed by atoms with van der Waals surface area (Å²) in [5.74, 6) is 0. The van der Waals surface area contributed by atoms with Gasteiger partial charge in [-0.25, -0.2) is 0 Å². The van der Waals surface area contributed by atoms with Crippen molar-refractivity contribution in [3.05, 3.63) is 47.5 Å². The molecule has 160 valence electrons. The molecule has 0 aliphatic carbocycles. The molecule has 0 aliphatic rings. The van der Waals surface area contributed by atoms with Crippen LogP contribution in [0.5, 0.6) is 0 Å². The van der Waals surface area contributed by atoms with Crippen LogP contribution in [0.4, 0.5) is 22.7 Å². The van der Waals surface area contributed by atoms with Crippen molar-refractivity contribution in [3.63, 3.8) is 0 Å². The molecule has 5 nitrogen and oxygen atoms in total. The first-order valence-corrected chi connectivity index (χ1v) is 10.8. The SMILES string of the molecule is CCCN(CCCNc1ccc(N)cc1C)C(C)CCNc1ccc(N)cc1C. The first-order valence-electron chi connectivity index (χ1n) is 10.8. The summed E-state index contributed by atoms with van der Waals surface area (Å²) >= 11 is 0. The van der Waals surface area contributed by atoms with Crippen molar-refractivity contribution in [1.82, 2.24) is 4.90 Å². The third kappa shape index (κ3) is 7.50. The average molecular weight is 398 g/mol. The Labute approximate surface area is 176 Å². The highest BCUT2D eigenvalue weighted by Gasteiger charge is 2.12. The number of aryl methyl sites for hydroxylation is 2. The van der Waals surface area contributed by atoms with Gasteiger partial charge in [0.1, 0.15) is 0 Å². The second-order valence-corrected chi connectivity index (χ2v) is 8.03. The van der Waals surface area contributed by atoms with Gasteiger partial charge in [0.2, 0.25) is 0 Å². The van der Waals surface area contributed by atoms with Gasteiger partial charge < -0.3 is 27.0 Å². The Morgan fingerprint density at radius 2 is 1.41 bits per heavy atom. The van der Waals surface area contributed by atoms with E-state index in [0.717, 1.165) is 50.4 Å². The maximum atomic E-state index is 5.84. The molecule has 29 heavy (non-hydrogen) atoms. The topological polar surface area (TPSA) is 79.3 Å². The molecule has 0 amide bonds. The lowest BCUT2D eigenvalue weighted by Gasteiger charge is -2.29. The van der Waals surface area contributed by atoms with Gasteiger partial charge in [0.15, 0.2) is 0 Å². The van der Waals surface area contributed by atoms with E-state index in [4.69, 9.17) is 11.5 Å². The van der Waals surface area contributed by atoms with Gasteiger partial charge in [-0.2, -0.15) is 0 Å². The van der Waals surface area contributed by atoms with Crippen LogP contribution in [-0.4, -0.2) is 37.1 Å². The van der Waals surface area contributed by atoms with E-state index in [1.54, 1.807) is 0 Å². The fraction of sp³-hybridized carbons (Fsp3) is 0.500. The fourth-order valence-corrected chi connectivity index (χ4v) is 3.71. The van der Waals surface area contributed by atoms with Crippen LogP contribution in [0.1, 0.15) is 44.2 Å². The number of hydrogen-bond acceptors (Lipinski definition) is 5. The number of rotatable bonds is 12. The zero-order valence-electron chi connectivity index (χ0n) is 18.6. The van der Waals surface area contributed by atoms with E-state index in [0.29, 0.717) is 6.04 Å². The molecule has 0 fully saturated rings. The molecule has 0 saturated heterocycles. The first kappa shape index (κ1) is 22.9. The van der Waals surface area contributed by atoms with Crippen molar-refractivity contribution in [2.75, 3.05) is 48.3 Å². The third-order valence-electron chi connectivity index (χ3n) is 5.45. The normalized spacial score (nSPS) is 12.2. The van der Waals surface area contributed by atoms with Gasteiger partial charge in [0.05, 0.1) is 0 Å². The van der Waals surface area contributed by atoms with E-state index in [-0.39, 0.29) is 0 Å². The third-order valence-corrected chi connectivity index (χ3v) is 5.45. The molecule has 0 heterocycles. The molecule has 5 heteroatoms. The summed E-state index contributed by atoms with van der Waals surface area (Å²) in [6, 6.07) is 12.6. The Morgan fingerprint density at radius 3 is 1.93 bits per heavy atom. The van der Waals surface area contributed by atoms with E-state index in [2.05, 4.69) is 55.4 Å². The Morgan fingerprint density at radius 1 is 0.862 bits per heavy atom. The van der Waals surface area contributed by atoms with E-state index in [1.165, 1.54) is 28.9 Å². The minimum atomic E-state index is 0.551. The minimum absolute atomic E-state index is 0.551. The lowest BCUT2D eigenvalue weighted by atomic mass is 10.1. The van der Waals surface area contributed by atoms with Crippen molar-refractivity contribution >= 4 is 22.7 Å². The van der Waals surface area contributed by atoms with E-state index < -0.39 is 0 Å². The van der Waals surface area contributed by atoms with Crippen molar-refractivity contribution in [2.24, 2.45) is 0 Å². The monoisotopic (exact) mass is 397 g/mol. The summed E-state index contributed by atoms with van der Waals surface area (Å²) in [5, 5.41) is 7.11. The van der Waals surface area contributed by atoms with E-state index >= 15 is 0 Å². The second-order valence-electron chi connectivity index (χ2n) is 8.03. The smallest absolute Gasteiger partial charge is 0.0371 e. The minimum Gasteiger partial charge on any atom is -0.399 e. The summed E-state index contributed by atoms with van der Waals surface area (Å²) in [4.78, 5) is 2.61. The lowest BCUT2D eigenvalue weighted by molar-refractivity contribution is 0.202. The van der Waals surface area contributed by atoms with Gasteiger partial charge in [-0.3, -0.25) is 0 Å². The number of nitrogens with two attached hydrogens (primary N) is 2. The lowest BCUT2D eigenvalue weighted by Crippen LogP contribution is -2.36. The second kappa shape index (κ2) is 11.6. The van der Waals surface area contributed by atoms with Gasteiger partial charge in [0, 0.05) is 48.4 Å². The molecule has 0 aromatic heterocycles. The predicted molar refractivity (Wildman–Crippen MR) is 129 cm³/mol. The van der Waals surface area contributed by atoms with Crippen LogP contribution in [0, 0.1) is 13.8 Å². The van der Waals surface area contributed by atoms with Crippen LogP contribution in [0.3, 0.4) is 0 Å². The van der Waals surface area contributed by atoms with Gasteiger partial charge in [-0.1, -0.05) is 6.92 Å². The summed E-state index contributed by atoms with van der Waals surface area (Å²) in [5.41, 5.74) is 18.1. The van der Waals surface area contributed by atoms with E-state index in [9.17, 15) is 0 Å². The molecule has 0 spiro atoms. The van der Waals surface area contributed by atoms with Gasteiger partial charge >= 0.3 is 0 Å². The largest absolute Gasteiger partial charge is 0.399 e. The number of benzene rings is 2. The van der Waals surface area contributed by atoms with Crippen LogP contribution < -0.4 is 22.1 Å². The molecular weight excluding hydrogens is 358 g/mol. The molecule has 0 radical (unpaired) electrons. The van der Waals surface area contributed by atoms with E-state index in [1.807, 2.05) is 24.3 Å². The molecule has 0 saturated carbocycles. The maximum absolute atomic E-state index is 5.84. The van der Waals surface area contributed by atoms with Crippen LogP contribution in [0.15, 0.2) is 36.4 Å². The highest BCUT2D eigenvalue weighted by molar-refractivity contribution is 5.58. The Bertz CT molecular complexity index is 759. The molecule has 0 aliphatic heterocycles. The predicted octanol–water partition coefficient (Wildman–Crippen LogP) is 4.87. The number of nitrogen functional groups attached to an aromatic ring is 2. The van der Waals surface area contributed by atoms with Gasteiger partial charge in [-0.15, -0.1) is 0 Å². The molecule has 1 unspecified atom stereocenters. The highest BCUT2D eigenvalue weighted by atomic mass is 15.1. The van der Waals surface area contributed by atoms with Crippen LogP contribution in [-0.2, 0) is 0 Å². The molecule has 1 atom stereocenters. The molecular formula is C24H39N5. The zero-order chi connectivity index (χ0) is 21.2. The summed E-state index contributed by atoms with van der Waals surface area (Å²) in [6.07, 6.45) is 3.42. The molecule has 2 rings (SSSR count). The van der Waals surface area contributed by atoms with Crippen molar-refractivity contribution in [2.45, 2.75) is 53.0 Å². The number of hydrogen-bond donors (Lipinski definition) is 4. The van der Waals surface area contributed by atoms with Crippen LogP contribution >= 0.6 is 0 Å². The highest BCUT2D eigenvalue weighted by Crippen LogP contribution is 2.19. The maximum Gasteiger partial charge on any atom is 0.0371 e. The van der Waals surface area contributed by atoms with Crippen LogP contribution in [0.2, 0.25) is 0 Å². The molecule has 0 bridgehead atoms. The average Bonchev–Trinajstić information content (AvgIpc) is 2.67. The molecule has 6 N–H and O–H groups in total. The van der Waals surface area contributed by atoms with Crippen molar-refractivity contribution < 1.29 is 0 Å². The van der Waals surface area contributed by atoms with Crippen LogP contribution in [0.25, 0.3) is 0 Å². The number of nitrogens with one attached hydrogen (secondary N) is 2. The summed E-state index contributed by atoms with van der Waals surface area (Å²) in [7, 11) is 0. The Kier molecular flexibility index (Phi) is 9.13. The summed E-state index contributed by atoms with van der Waals surface area (Å²) in [6.45, 7) is 13.0. The number of nitrogens with zero attached hydrogens (tertiary/aromatic N) is 1. The standard InChI is InChI=1S/C24H39N5/c1-5-14-29(15-6-12-27-23-9-7-21(25)16-18(23)2)20(4)11-13-28-24-10-8-22(26)17-19(24)3/h7-10,16-17,20,27-28H,5-6,11-15,25-26H2,1-4H3. The quantitative estimate of drug-likeness (QED) is 0.303. The van der Waals surface area contributed by atoms with Gasteiger partial charge in [0.25, 0.3) is 0 Å². The first-order chi connectivity index (χ1) is 13.9. The van der Waals surface area contributed by atoms with Crippen molar-refractivity contribution in [1.29, 1.82) is 0 Å². The number of anilines is 4. The van der Waals surface area contributed by atoms with Gasteiger partial charge in [-0.05, 0) is 94.1 Å². The van der Waals surface area contributed by atoms with Crippen molar-refractivity contribution in [3.8, 4) is 0 Å². The Hall–Kier alpha value is -2.40.